The number of para-hydroxylation sites is 2. The Morgan fingerprint density at radius 2 is 0.743 bits per heavy atom. The van der Waals surface area contributed by atoms with Gasteiger partial charge < -0.3 is 7.58 Å². The maximum atomic E-state index is 6.56. The summed E-state index contributed by atoms with van der Waals surface area (Å²) in [7, 11) is 0. The number of benzene rings is 2. The van der Waals surface area contributed by atoms with Crippen LogP contribution in [0.3, 0.4) is 0 Å². The van der Waals surface area contributed by atoms with Crippen molar-refractivity contribution in [2.24, 2.45) is 0 Å². The molecule has 0 fully saturated rings. The Labute approximate surface area is 223 Å². The van der Waals surface area contributed by atoms with E-state index < -0.39 is 15.9 Å². The number of rotatable bonds is 20. The van der Waals surface area contributed by atoms with Gasteiger partial charge in [0, 0.05) is 0 Å². The van der Waals surface area contributed by atoms with E-state index in [1.807, 2.05) is 0 Å². The normalized spacial score (nSPS) is 11.0. The van der Waals surface area contributed by atoms with Crippen LogP contribution < -0.4 is 7.58 Å². The van der Waals surface area contributed by atoms with Crippen LogP contribution >= 0.6 is 0 Å². The molecule has 2 aromatic rings. The van der Waals surface area contributed by atoms with E-state index in [2.05, 4.69) is 64.1 Å². The van der Waals surface area contributed by atoms with Crippen LogP contribution in [0.2, 0.25) is 0 Å². The lowest BCUT2D eigenvalue weighted by Gasteiger charge is -2.20. The minimum Gasteiger partial charge on any atom is -0.615 e. The summed E-state index contributed by atoms with van der Waals surface area (Å²) in [6.45, 7) is 9.08. The molecule has 2 nitrogen and oxygen atoms in total. The van der Waals surface area contributed by atoms with Crippen LogP contribution in [0.5, 0.6) is 11.5 Å². The first-order valence-electron chi connectivity index (χ1n) is 14.6. The standard InChI is InChI=1S/2C16H26O.Al/c2*1-3-5-7-10-14-12-9-13-15(16(14)17)11-8-6-4-2;/h2*9,12-13,17H,3-8,10-11H2,1-2H3;/q;;+2/p-2. The third-order valence-corrected chi connectivity index (χ3v) is 7.55. The molecule has 2 rings (SSSR count). The third-order valence-electron chi connectivity index (χ3n) is 6.89. The second kappa shape index (κ2) is 18.8. The first-order chi connectivity index (χ1) is 17.2. The van der Waals surface area contributed by atoms with Crippen molar-refractivity contribution < 1.29 is 7.58 Å². The second-order valence-electron chi connectivity index (χ2n) is 9.97. The molecular weight excluding hydrogens is 443 g/mol. The zero-order valence-corrected chi connectivity index (χ0v) is 24.3. The topological polar surface area (TPSA) is 18.5 Å². The molecular formula is C32H50AlO2. The summed E-state index contributed by atoms with van der Waals surface area (Å²) in [6.07, 6.45) is 19.4. The van der Waals surface area contributed by atoms with Crippen LogP contribution in [0.25, 0.3) is 0 Å². The van der Waals surface area contributed by atoms with Crippen LogP contribution in [-0.4, -0.2) is 15.9 Å². The second-order valence-corrected chi connectivity index (χ2v) is 10.6. The Kier molecular flexibility index (Phi) is 16.0. The zero-order valence-electron chi connectivity index (χ0n) is 23.2. The van der Waals surface area contributed by atoms with Gasteiger partial charge in [0.05, 0.1) is 11.5 Å². The minimum atomic E-state index is -0.595. The third kappa shape index (κ3) is 11.0. The fourth-order valence-corrected chi connectivity index (χ4v) is 5.59. The van der Waals surface area contributed by atoms with Crippen LogP contribution in [0.1, 0.15) is 127 Å². The van der Waals surface area contributed by atoms with Crippen LogP contribution in [0, 0.1) is 0 Å². The molecule has 0 N–H and O–H groups in total. The molecule has 0 bridgehead atoms. The smallest absolute Gasteiger partial charge is 0.615 e. The highest BCUT2D eigenvalue weighted by molar-refractivity contribution is 6.21. The summed E-state index contributed by atoms with van der Waals surface area (Å²) < 4.78 is 13.1. The molecule has 0 amide bonds. The van der Waals surface area contributed by atoms with Gasteiger partial charge in [-0.15, -0.1) is 0 Å². The van der Waals surface area contributed by atoms with E-state index in [0.717, 1.165) is 37.2 Å². The fraction of sp³-hybridized carbons (Fsp3) is 0.625. The summed E-state index contributed by atoms with van der Waals surface area (Å²) >= 11 is -0.595. The Balaban J connectivity index is 2.18. The molecule has 0 saturated carbocycles. The average molecular weight is 494 g/mol. The molecule has 0 aliphatic carbocycles. The average Bonchev–Trinajstić information content (AvgIpc) is 2.87. The molecule has 0 aromatic heterocycles. The summed E-state index contributed by atoms with van der Waals surface area (Å²) in [4.78, 5) is 0. The highest BCUT2D eigenvalue weighted by atomic mass is 27.2. The van der Waals surface area contributed by atoms with Gasteiger partial charge in [-0.05, 0) is 73.6 Å². The van der Waals surface area contributed by atoms with Gasteiger partial charge >= 0.3 is 15.9 Å². The molecule has 0 aliphatic heterocycles. The highest BCUT2D eigenvalue weighted by Gasteiger charge is 2.17. The van der Waals surface area contributed by atoms with Crippen molar-refractivity contribution in [2.45, 2.75) is 130 Å². The van der Waals surface area contributed by atoms with E-state index >= 15 is 0 Å². The molecule has 1 radical (unpaired) electrons. The lowest BCUT2D eigenvalue weighted by atomic mass is 9.99. The molecule has 35 heavy (non-hydrogen) atoms. The number of aryl methyl sites for hydroxylation is 4. The van der Waals surface area contributed by atoms with Gasteiger partial charge in [0.1, 0.15) is 0 Å². The highest BCUT2D eigenvalue weighted by Crippen LogP contribution is 2.30. The maximum absolute atomic E-state index is 6.56. The van der Waals surface area contributed by atoms with Gasteiger partial charge in [0.2, 0.25) is 0 Å². The predicted molar refractivity (Wildman–Crippen MR) is 153 cm³/mol. The summed E-state index contributed by atoms with van der Waals surface area (Å²) in [5.74, 6) is 2.23. The van der Waals surface area contributed by atoms with Crippen molar-refractivity contribution in [1.82, 2.24) is 0 Å². The first kappa shape index (κ1) is 29.8. The van der Waals surface area contributed by atoms with E-state index in [-0.39, 0.29) is 0 Å². The summed E-state index contributed by atoms with van der Waals surface area (Å²) in [5, 5.41) is 0. The molecule has 0 saturated heterocycles. The van der Waals surface area contributed by atoms with Crippen molar-refractivity contribution in [2.75, 3.05) is 0 Å². The summed E-state index contributed by atoms with van der Waals surface area (Å²) in [5.41, 5.74) is 5.46. The van der Waals surface area contributed by atoms with E-state index in [0.29, 0.717) is 0 Å². The number of hydrogen-bond acceptors (Lipinski definition) is 2. The quantitative estimate of drug-likeness (QED) is 0.135. The van der Waals surface area contributed by atoms with Crippen LogP contribution in [-0.2, 0) is 25.7 Å². The van der Waals surface area contributed by atoms with Crippen LogP contribution in [0.15, 0.2) is 36.4 Å². The number of hydrogen-bond donors (Lipinski definition) is 0. The Bertz CT molecular complexity index is 693. The van der Waals surface area contributed by atoms with Gasteiger partial charge in [-0.1, -0.05) is 115 Å². The van der Waals surface area contributed by atoms with Gasteiger partial charge in [-0.2, -0.15) is 0 Å². The Morgan fingerprint density at radius 1 is 0.457 bits per heavy atom. The molecule has 3 heteroatoms. The van der Waals surface area contributed by atoms with Crippen molar-refractivity contribution in [3.63, 3.8) is 0 Å². The minimum absolute atomic E-state index is 0.595. The van der Waals surface area contributed by atoms with Crippen molar-refractivity contribution >= 4 is 15.9 Å². The van der Waals surface area contributed by atoms with E-state index in [1.54, 1.807) is 0 Å². The van der Waals surface area contributed by atoms with Crippen molar-refractivity contribution in [1.29, 1.82) is 0 Å². The Morgan fingerprint density at radius 3 is 1.00 bits per heavy atom. The molecule has 0 atom stereocenters. The molecule has 0 spiro atoms. The predicted octanol–water partition coefficient (Wildman–Crippen LogP) is 9.61. The SMILES string of the molecule is CCCCCc1cccc(CCCCC)c1[O][Al][O]c1c(CCCCC)cccc1CCCCC. The Hall–Kier alpha value is -1.43. The molecule has 0 aliphatic rings. The largest absolute Gasteiger partial charge is 0.881 e. The van der Waals surface area contributed by atoms with E-state index in [4.69, 9.17) is 7.58 Å². The maximum Gasteiger partial charge on any atom is 0.881 e. The van der Waals surface area contributed by atoms with Gasteiger partial charge in [-0.25, -0.2) is 0 Å². The first-order valence-corrected chi connectivity index (χ1v) is 15.6. The van der Waals surface area contributed by atoms with Crippen molar-refractivity contribution in [3.05, 3.63) is 58.7 Å². The van der Waals surface area contributed by atoms with E-state index in [1.165, 1.54) is 99.3 Å². The molecule has 2 aromatic carbocycles. The lowest BCUT2D eigenvalue weighted by molar-refractivity contribution is 0.443. The summed E-state index contributed by atoms with van der Waals surface area (Å²) in [6, 6.07) is 13.5. The molecule has 193 valence electrons. The van der Waals surface area contributed by atoms with Gasteiger partial charge in [0.15, 0.2) is 0 Å². The van der Waals surface area contributed by atoms with Crippen molar-refractivity contribution in [3.8, 4) is 11.5 Å². The van der Waals surface area contributed by atoms with Gasteiger partial charge in [0.25, 0.3) is 0 Å². The molecule has 0 heterocycles. The number of unbranched alkanes of at least 4 members (excludes halogenated alkanes) is 8. The van der Waals surface area contributed by atoms with E-state index in [9.17, 15) is 0 Å². The fourth-order valence-electron chi connectivity index (χ4n) is 4.75. The monoisotopic (exact) mass is 493 g/mol. The lowest BCUT2D eigenvalue weighted by Crippen LogP contribution is -2.16. The van der Waals surface area contributed by atoms with Gasteiger partial charge in [-0.3, -0.25) is 0 Å². The zero-order chi connectivity index (χ0) is 25.1. The molecule has 0 unspecified atom stereocenters. The van der Waals surface area contributed by atoms with Crippen LogP contribution in [0.4, 0.5) is 0 Å².